The Labute approximate surface area is 525 Å². The summed E-state index contributed by atoms with van der Waals surface area (Å²) in [4.78, 5) is 0. The fraction of sp³-hybridized carbons (Fsp3) is 1.00. The Morgan fingerprint density at radius 1 is 0.360 bits per heavy atom. The number of rotatable bonds is 8. The third kappa shape index (κ3) is 34.7. The van der Waals surface area contributed by atoms with Crippen LogP contribution in [0.5, 0.6) is 0 Å². The van der Waals surface area contributed by atoms with E-state index in [1.165, 1.54) is 193 Å². The topological polar surface area (TPSA) is 379 Å². The van der Waals surface area contributed by atoms with Gasteiger partial charge in [0, 0.05) is 137 Å². The minimum atomic E-state index is -0.319. The summed E-state index contributed by atoms with van der Waals surface area (Å²) < 4.78 is 0. The second-order valence-corrected chi connectivity index (χ2v) is 27.1. The summed E-state index contributed by atoms with van der Waals surface area (Å²) in [7, 11) is 0. The normalized spacial score (nSPS) is 36.1. The van der Waals surface area contributed by atoms with Gasteiger partial charge in [-0.15, -0.1) is 0 Å². The third-order valence-electron chi connectivity index (χ3n) is 19.7. The number of aliphatic hydroxyl groups is 2. The van der Waals surface area contributed by atoms with E-state index in [4.69, 9.17) is 50.3 Å². The van der Waals surface area contributed by atoms with Gasteiger partial charge >= 0.3 is 0 Å². The van der Waals surface area contributed by atoms with Gasteiger partial charge in [-0.05, 0) is 239 Å². The van der Waals surface area contributed by atoms with Gasteiger partial charge in [0.05, 0.1) is 6.10 Å². The van der Waals surface area contributed by atoms with Crippen LogP contribution in [0.4, 0.5) is 0 Å². The van der Waals surface area contributed by atoms with Crippen molar-refractivity contribution in [2.75, 3.05) is 131 Å². The molecule has 0 aromatic rings. The Kier molecular flexibility index (Phi) is 44.8. The third-order valence-corrected chi connectivity index (χ3v) is 19.7. The molecule has 0 aromatic heterocycles. The first-order valence-corrected chi connectivity index (χ1v) is 35.8. The van der Waals surface area contributed by atoms with Gasteiger partial charge in [-0.1, -0.05) is 25.7 Å². The van der Waals surface area contributed by atoms with E-state index in [2.05, 4.69) is 83.0 Å². The van der Waals surface area contributed by atoms with E-state index in [0.717, 1.165) is 115 Å². The van der Waals surface area contributed by atoms with Crippen molar-refractivity contribution < 1.29 is 10.2 Å². The lowest BCUT2D eigenvalue weighted by Gasteiger charge is -2.40. The van der Waals surface area contributed by atoms with E-state index in [1.807, 2.05) is 0 Å². The smallest absolute Gasteiger partial charge is 0.0827 e. The highest BCUT2D eigenvalue weighted by Crippen LogP contribution is 2.25. The Morgan fingerprint density at radius 3 is 1.09 bits per heavy atom. The van der Waals surface area contributed by atoms with E-state index in [1.54, 1.807) is 0 Å². The first kappa shape index (κ1) is 77.6. The fourth-order valence-corrected chi connectivity index (χ4v) is 13.8. The summed E-state index contributed by atoms with van der Waals surface area (Å²) in [6.45, 7) is 24.6. The van der Waals surface area contributed by atoms with Crippen molar-refractivity contribution in [3.05, 3.63) is 0 Å². The van der Waals surface area contributed by atoms with Crippen molar-refractivity contribution in [1.82, 2.24) is 69.1 Å². The van der Waals surface area contributed by atoms with Gasteiger partial charge in [0.25, 0.3) is 0 Å². The molecule has 1 aliphatic carbocycles. The predicted octanol–water partition coefficient (Wildman–Crippen LogP) is -1.05. The first-order chi connectivity index (χ1) is 41.9. The molecule has 13 rings (SSSR count). The van der Waals surface area contributed by atoms with Crippen LogP contribution < -0.4 is 109 Å². The summed E-state index contributed by atoms with van der Waals surface area (Å²) in [5.74, 6) is 1.30. The molecule has 13 aliphatic rings. The Morgan fingerprint density at radius 2 is 0.779 bits per heavy atom. The summed E-state index contributed by atoms with van der Waals surface area (Å²) >= 11 is 0. The molecule has 13 fully saturated rings. The van der Waals surface area contributed by atoms with Gasteiger partial charge in [0.1, 0.15) is 0 Å². The van der Waals surface area contributed by atoms with Crippen molar-refractivity contribution in [3.63, 3.8) is 0 Å². The largest absolute Gasteiger partial charge is 0.396 e. The molecule has 12 heterocycles. The van der Waals surface area contributed by atoms with Crippen LogP contribution in [0.15, 0.2) is 0 Å². The summed E-state index contributed by atoms with van der Waals surface area (Å²) in [6, 6.07) is 7.89. The van der Waals surface area contributed by atoms with Crippen molar-refractivity contribution in [2.45, 2.75) is 265 Å². The van der Waals surface area contributed by atoms with E-state index >= 15 is 0 Å². The van der Waals surface area contributed by atoms with Crippen molar-refractivity contribution in [1.29, 1.82) is 0 Å². The monoisotopic (exact) mass is 1220 g/mol. The second-order valence-electron chi connectivity index (χ2n) is 27.1. The quantitative estimate of drug-likeness (QED) is 0.138. The number of piperidine rings is 4. The van der Waals surface area contributed by atoms with Crippen LogP contribution in [0.25, 0.3) is 0 Å². The van der Waals surface area contributed by atoms with Crippen LogP contribution in [-0.4, -0.2) is 232 Å². The highest BCUT2D eigenvalue weighted by Gasteiger charge is 2.32. The summed E-state index contributed by atoms with van der Waals surface area (Å²) in [5.41, 5.74) is 38.4. The first-order valence-electron chi connectivity index (χ1n) is 35.8. The van der Waals surface area contributed by atoms with Crippen molar-refractivity contribution >= 4 is 0 Å². The van der Waals surface area contributed by atoms with Crippen LogP contribution >= 0.6 is 0 Å². The zero-order chi connectivity index (χ0) is 61.8. The lowest BCUT2D eigenvalue weighted by molar-refractivity contribution is 0.139. The van der Waals surface area contributed by atoms with Gasteiger partial charge in [0.15, 0.2) is 0 Å². The number of nitrogens with two attached hydrogens (primary N) is 7. The SMILES string of the molecule is C1CCC(C2CCCCN2)NC1.C1CNC(C2CCCN2)C1.CC(N)C1CCCCN1.CC(N)C1CCCN1.NC1CCNC1.NC1CNCC1O.NCC1CCCCN1.NCC1CCCN1.NCC1CCNC1.OCC1CCC2NCCNC2C1. The van der Waals surface area contributed by atoms with Crippen LogP contribution in [0, 0.1) is 11.8 Å². The minimum Gasteiger partial charge on any atom is -0.396 e. The molecule has 86 heavy (non-hydrogen) atoms. The summed E-state index contributed by atoms with van der Waals surface area (Å²) in [5, 5.41) is 61.9. The Hall–Kier alpha value is -0.880. The molecular formula is C64H142N20O2. The number of aliphatic hydroxyl groups excluding tert-OH is 2. The fourth-order valence-electron chi connectivity index (χ4n) is 13.8. The molecule has 1 saturated carbocycles. The summed E-state index contributed by atoms with van der Waals surface area (Å²) in [6.07, 6.45) is 32.6. The zero-order valence-electron chi connectivity index (χ0n) is 55.1. The number of piperazine rings is 1. The van der Waals surface area contributed by atoms with Crippen LogP contribution in [0.2, 0.25) is 0 Å². The highest BCUT2D eigenvalue weighted by atomic mass is 16.3. The number of β-amino-alcohol motifs (C(OH)–C–C–N with tert-alkyl or cyclic N) is 1. The zero-order valence-corrected chi connectivity index (χ0v) is 55.1. The standard InChI is InChI=1S/C10H20N2.C9H18N2O.C8H16N2.C7H16N2.2C6H14N2.2C5H12N2.C4H10N2O.C4H10N2/c1-3-7-11-9(5-1)10-6-2-4-8-12-10;12-6-7-1-2-8-9(5-7)11-4-3-10-8;1-3-7(9-5-1)8-4-2-6-10-8;1-6(8)7-4-2-3-5-9-7;1-5(7)6-3-2-4-8-6;7-5-6-3-1-2-4-8-6;6-3-5-1-2-7-4-5;6-4-5-2-1-3-7-5;5-3-1-6-2-4(3)7;5-4-1-2-6-3-4/h9-12H,1-8H2;7-12H,1-6H2;7-10H,1-6H2;6-7,9H,2-5,8H2,1H3;5-6,8H,2-4,7H2,1H3;6,8H,1-5,7H2;2*5,7H,1-4,6H2;3-4,6-7H,1-2,5H2;4,6H,1-3,5H2. The maximum atomic E-state index is 9.03. The number of hydrogen-bond donors (Lipinski definition) is 22. The van der Waals surface area contributed by atoms with Crippen molar-refractivity contribution in [3.8, 4) is 0 Å². The van der Waals surface area contributed by atoms with E-state index in [0.29, 0.717) is 73.4 Å². The van der Waals surface area contributed by atoms with E-state index < -0.39 is 0 Å². The van der Waals surface area contributed by atoms with Crippen LogP contribution in [0.3, 0.4) is 0 Å². The molecule has 29 N–H and O–H groups in total. The number of nitrogens with one attached hydrogen (secondary N) is 13. The molecule has 17 unspecified atom stereocenters. The molecule has 22 heteroatoms. The average Bonchev–Trinajstić information content (AvgIpc) is 4.57. The molecule has 22 nitrogen and oxygen atoms in total. The average molecular weight is 1220 g/mol. The van der Waals surface area contributed by atoms with Gasteiger partial charge in [-0.25, -0.2) is 0 Å². The maximum Gasteiger partial charge on any atom is 0.0827 e. The van der Waals surface area contributed by atoms with Gasteiger partial charge < -0.3 is 119 Å². The number of hydrogen-bond acceptors (Lipinski definition) is 22. The van der Waals surface area contributed by atoms with E-state index in [9.17, 15) is 0 Å². The van der Waals surface area contributed by atoms with Gasteiger partial charge in [-0.3, -0.25) is 0 Å². The maximum absolute atomic E-state index is 9.03. The predicted molar refractivity (Wildman–Crippen MR) is 362 cm³/mol. The van der Waals surface area contributed by atoms with Gasteiger partial charge in [0.2, 0.25) is 0 Å². The minimum absolute atomic E-state index is 0.0417. The second kappa shape index (κ2) is 49.7. The molecule has 0 radical (unpaired) electrons. The molecule has 12 aliphatic heterocycles. The van der Waals surface area contributed by atoms with E-state index in [-0.39, 0.29) is 12.1 Å². The molecule has 0 spiro atoms. The molecule has 510 valence electrons. The molecule has 0 bridgehead atoms. The van der Waals surface area contributed by atoms with Crippen LogP contribution in [0.1, 0.15) is 174 Å². The Bertz CT molecular complexity index is 1430. The molecule has 0 amide bonds. The van der Waals surface area contributed by atoms with Crippen LogP contribution in [-0.2, 0) is 0 Å². The molecular weight excluding hydrogens is 1080 g/mol. The lowest BCUT2D eigenvalue weighted by atomic mass is 9.82. The molecule has 17 atom stereocenters. The highest BCUT2D eigenvalue weighted by molar-refractivity contribution is 4.93. The molecule has 0 aromatic carbocycles. The molecule has 12 saturated heterocycles. The van der Waals surface area contributed by atoms with Crippen molar-refractivity contribution in [2.24, 2.45) is 52.0 Å². The lowest BCUT2D eigenvalue weighted by Crippen LogP contribution is -2.58. The number of fused-ring (bicyclic) bond motifs is 1. The van der Waals surface area contributed by atoms with Gasteiger partial charge in [-0.2, -0.15) is 0 Å². The Balaban J connectivity index is 0.000000206.